The van der Waals surface area contributed by atoms with Crippen molar-refractivity contribution in [3.05, 3.63) is 94.5 Å². The van der Waals surface area contributed by atoms with Crippen LogP contribution in [0.4, 0.5) is 29.2 Å². The number of para-hydroxylation sites is 2. The number of hydrazone groups is 1. The third kappa shape index (κ3) is 5.73. The molecule has 4 aromatic rings. The number of benzene rings is 3. The Labute approximate surface area is 219 Å². The van der Waals surface area contributed by atoms with Crippen LogP contribution in [0.15, 0.2) is 84.0 Å². The topological polar surface area (TPSA) is 78.8 Å². The minimum atomic E-state index is 0.305. The maximum absolute atomic E-state index is 6.27. The zero-order valence-electron chi connectivity index (χ0n) is 19.3. The molecule has 2 heterocycles. The molecule has 0 saturated carbocycles. The van der Waals surface area contributed by atoms with Crippen LogP contribution in [-0.4, -0.2) is 47.5 Å². The fourth-order valence-electron chi connectivity index (χ4n) is 3.71. The van der Waals surface area contributed by atoms with Crippen LogP contribution in [0.25, 0.3) is 0 Å². The standard InChI is InChI=1S/C26H23Cl2N7O/c27-20-12-11-19(23(28)17-20)18-29-33-24-30-25(34-13-15-36-16-14-34)32-26(31-24)35(21-7-3-1-4-8-21)22-9-5-2-6-10-22/h1-12,17-18H,13-16H2,(H,30,31,32,33)/b29-18+. The fourth-order valence-corrected chi connectivity index (χ4v) is 4.17. The molecule has 0 spiro atoms. The fraction of sp³-hybridized carbons (Fsp3) is 0.154. The number of hydrogen-bond acceptors (Lipinski definition) is 8. The summed E-state index contributed by atoms with van der Waals surface area (Å²) in [6.07, 6.45) is 1.60. The molecule has 3 aromatic carbocycles. The summed E-state index contributed by atoms with van der Waals surface area (Å²) in [5, 5.41) is 5.37. The second-order valence-electron chi connectivity index (χ2n) is 7.90. The average Bonchev–Trinajstić information content (AvgIpc) is 2.92. The first kappa shape index (κ1) is 24.0. The zero-order valence-corrected chi connectivity index (χ0v) is 20.8. The van der Waals surface area contributed by atoms with Crippen molar-refractivity contribution in [3.8, 4) is 0 Å². The predicted molar refractivity (Wildman–Crippen MR) is 145 cm³/mol. The Morgan fingerprint density at radius 3 is 2.17 bits per heavy atom. The number of hydrogen-bond donors (Lipinski definition) is 1. The van der Waals surface area contributed by atoms with Crippen molar-refractivity contribution in [2.45, 2.75) is 0 Å². The number of nitrogens with one attached hydrogen (secondary N) is 1. The summed E-state index contributed by atoms with van der Waals surface area (Å²) in [6.45, 7) is 2.59. The van der Waals surface area contributed by atoms with Crippen LogP contribution in [0.5, 0.6) is 0 Å². The SMILES string of the molecule is Clc1ccc(/C=N/Nc2nc(N3CCOCC3)nc(N(c3ccccc3)c3ccccc3)n2)c(Cl)c1. The molecule has 0 aliphatic carbocycles. The van der Waals surface area contributed by atoms with E-state index in [2.05, 4.69) is 20.4 Å². The summed E-state index contributed by atoms with van der Waals surface area (Å²) in [4.78, 5) is 18.3. The first-order valence-corrected chi connectivity index (χ1v) is 12.2. The van der Waals surface area contributed by atoms with Crippen LogP contribution >= 0.6 is 23.2 Å². The Kier molecular flexibility index (Phi) is 7.56. The molecule has 1 aliphatic heterocycles. The van der Waals surface area contributed by atoms with Gasteiger partial charge in [0.15, 0.2) is 0 Å². The maximum Gasteiger partial charge on any atom is 0.250 e. The molecule has 1 N–H and O–H groups in total. The summed E-state index contributed by atoms with van der Waals surface area (Å²) in [5.41, 5.74) is 5.50. The summed E-state index contributed by atoms with van der Waals surface area (Å²) in [6, 6.07) is 25.1. The van der Waals surface area contributed by atoms with Gasteiger partial charge in [0.25, 0.3) is 0 Å². The third-order valence-electron chi connectivity index (χ3n) is 5.47. The van der Waals surface area contributed by atoms with E-state index in [4.69, 9.17) is 37.9 Å². The quantitative estimate of drug-likeness (QED) is 0.239. The molecule has 0 unspecified atom stereocenters. The Balaban J connectivity index is 1.54. The molecule has 8 nitrogen and oxygen atoms in total. The molecule has 1 saturated heterocycles. The minimum Gasteiger partial charge on any atom is -0.378 e. The van der Waals surface area contributed by atoms with Gasteiger partial charge in [0, 0.05) is 35.1 Å². The highest BCUT2D eigenvalue weighted by Crippen LogP contribution is 2.33. The molecule has 0 amide bonds. The number of nitrogens with zero attached hydrogens (tertiary/aromatic N) is 6. The van der Waals surface area contributed by atoms with Crippen LogP contribution in [0.1, 0.15) is 5.56 Å². The molecule has 10 heteroatoms. The molecule has 0 atom stereocenters. The second kappa shape index (κ2) is 11.3. The van der Waals surface area contributed by atoms with Gasteiger partial charge in [0.05, 0.1) is 24.5 Å². The highest BCUT2D eigenvalue weighted by molar-refractivity contribution is 6.36. The monoisotopic (exact) mass is 519 g/mol. The van der Waals surface area contributed by atoms with Crippen LogP contribution in [0.3, 0.4) is 0 Å². The van der Waals surface area contributed by atoms with Gasteiger partial charge in [-0.3, -0.25) is 4.90 Å². The lowest BCUT2D eigenvalue weighted by Crippen LogP contribution is -2.37. The molecule has 182 valence electrons. The van der Waals surface area contributed by atoms with E-state index in [1.807, 2.05) is 65.6 Å². The molecule has 1 aliphatic rings. The van der Waals surface area contributed by atoms with E-state index >= 15 is 0 Å². The van der Waals surface area contributed by atoms with Gasteiger partial charge in [0.1, 0.15) is 0 Å². The van der Waals surface area contributed by atoms with Gasteiger partial charge < -0.3 is 9.64 Å². The van der Waals surface area contributed by atoms with Gasteiger partial charge >= 0.3 is 0 Å². The Morgan fingerprint density at radius 2 is 1.53 bits per heavy atom. The van der Waals surface area contributed by atoms with E-state index in [0.717, 1.165) is 11.4 Å². The van der Waals surface area contributed by atoms with Crippen molar-refractivity contribution in [2.24, 2.45) is 5.10 Å². The minimum absolute atomic E-state index is 0.305. The summed E-state index contributed by atoms with van der Waals surface area (Å²) in [7, 11) is 0. The number of morpholine rings is 1. The Morgan fingerprint density at radius 1 is 0.861 bits per heavy atom. The van der Waals surface area contributed by atoms with Gasteiger partial charge in [-0.1, -0.05) is 65.7 Å². The first-order chi connectivity index (χ1) is 17.7. The number of anilines is 5. The summed E-state index contributed by atoms with van der Waals surface area (Å²) < 4.78 is 5.52. The lowest BCUT2D eigenvalue weighted by molar-refractivity contribution is 0.122. The van der Waals surface area contributed by atoms with Gasteiger partial charge in [-0.05, 0) is 36.4 Å². The van der Waals surface area contributed by atoms with Crippen LogP contribution in [0, 0.1) is 0 Å². The van der Waals surface area contributed by atoms with E-state index in [1.165, 1.54) is 0 Å². The van der Waals surface area contributed by atoms with Gasteiger partial charge in [-0.25, -0.2) is 5.43 Å². The van der Waals surface area contributed by atoms with Crippen molar-refractivity contribution in [3.63, 3.8) is 0 Å². The third-order valence-corrected chi connectivity index (χ3v) is 6.03. The number of halogens is 2. The highest BCUT2D eigenvalue weighted by atomic mass is 35.5. The first-order valence-electron chi connectivity index (χ1n) is 11.4. The molecule has 36 heavy (non-hydrogen) atoms. The summed E-state index contributed by atoms with van der Waals surface area (Å²) in [5.74, 6) is 1.31. The maximum atomic E-state index is 6.27. The van der Waals surface area contributed by atoms with Crippen LogP contribution in [-0.2, 0) is 4.74 Å². The van der Waals surface area contributed by atoms with Crippen molar-refractivity contribution < 1.29 is 4.74 Å². The Hall–Kier alpha value is -3.72. The molecular formula is C26H23Cl2N7O. The molecule has 0 bridgehead atoms. The lowest BCUT2D eigenvalue weighted by atomic mass is 10.2. The number of rotatable bonds is 7. The molecule has 1 aromatic heterocycles. The molecule has 1 fully saturated rings. The number of ether oxygens (including phenoxy) is 1. The zero-order chi connectivity index (χ0) is 24.7. The largest absolute Gasteiger partial charge is 0.378 e. The number of aromatic nitrogens is 3. The normalized spacial score (nSPS) is 13.7. The smallest absolute Gasteiger partial charge is 0.250 e. The van der Waals surface area contributed by atoms with Crippen LogP contribution < -0.4 is 15.2 Å². The van der Waals surface area contributed by atoms with E-state index in [0.29, 0.717) is 59.8 Å². The van der Waals surface area contributed by atoms with Crippen molar-refractivity contribution in [1.82, 2.24) is 15.0 Å². The lowest BCUT2D eigenvalue weighted by Gasteiger charge is -2.28. The van der Waals surface area contributed by atoms with E-state index in [9.17, 15) is 0 Å². The molecule has 0 radical (unpaired) electrons. The van der Waals surface area contributed by atoms with Gasteiger partial charge in [0.2, 0.25) is 17.8 Å². The molecular weight excluding hydrogens is 497 g/mol. The van der Waals surface area contributed by atoms with E-state index in [1.54, 1.807) is 24.4 Å². The van der Waals surface area contributed by atoms with E-state index in [-0.39, 0.29) is 0 Å². The average molecular weight is 520 g/mol. The predicted octanol–water partition coefficient (Wildman–Crippen LogP) is 5.93. The Bertz CT molecular complexity index is 1290. The van der Waals surface area contributed by atoms with Crippen molar-refractivity contribution in [2.75, 3.05) is 41.5 Å². The van der Waals surface area contributed by atoms with Crippen LogP contribution in [0.2, 0.25) is 10.0 Å². The summed E-state index contributed by atoms with van der Waals surface area (Å²) >= 11 is 12.3. The van der Waals surface area contributed by atoms with Gasteiger partial charge in [-0.2, -0.15) is 20.1 Å². The van der Waals surface area contributed by atoms with Crippen molar-refractivity contribution >= 4 is 58.6 Å². The highest BCUT2D eigenvalue weighted by Gasteiger charge is 2.21. The van der Waals surface area contributed by atoms with Crippen molar-refractivity contribution in [1.29, 1.82) is 0 Å². The molecule has 5 rings (SSSR count). The second-order valence-corrected chi connectivity index (χ2v) is 8.74. The van der Waals surface area contributed by atoms with E-state index < -0.39 is 0 Å². The van der Waals surface area contributed by atoms with Gasteiger partial charge in [-0.15, -0.1) is 0 Å².